The summed E-state index contributed by atoms with van der Waals surface area (Å²) in [6.07, 6.45) is 2.60. The summed E-state index contributed by atoms with van der Waals surface area (Å²) in [5.74, 6) is 1.83. The van der Waals surface area contributed by atoms with Gasteiger partial charge in [-0.05, 0) is 43.4 Å². The van der Waals surface area contributed by atoms with Crippen LogP contribution < -0.4 is 10.2 Å². The average Bonchev–Trinajstić information content (AvgIpc) is 2.40. The van der Waals surface area contributed by atoms with E-state index in [2.05, 4.69) is 29.5 Å². The Morgan fingerprint density at radius 2 is 1.89 bits per heavy atom. The third kappa shape index (κ3) is 4.00. The summed E-state index contributed by atoms with van der Waals surface area (Å²) >= 11 is 0. The Balaban J connectivity index is 1.76. The van der Waals surface area contributed by atoms with E-state index in [1.807, 2.05) is 19.1 Å². The van der Waals surface area contributed by atoms with Gasteiger partial charge in [0.25, 0.3) is 0 Å². The molecule has 3 nitrogen and oxygen atoms in total. The first-order valence-corrected chi connectivity index (χ1v) is 6.98. The van der Waals surface area contributed by atoms with Crippen molar-refractivity contribution in [3.63, 3.8) is 0 Å². The topological polar surface area (TPSA) is 24.5 Å². The molecule has 0 unspecified atom stereocenters. The van der Waals surface area contributed by atoms with E-state index in [-0.39, 0.29) is 0 Å². The van der Waals surface area contributed by atoms with Gasteiger partial charge in [0.2, 0.25) is 0 Å². The van der Waals surface area contributed by atoms with Gasteiger partial charge in [-0.2, -0.15) is 0 Å². The number of nitrogens with zero attached hydrogens (tertiary/aromatic N) is 1. The number of benzene rings is 1. The van der Waals surface area contributed by atoms with Crippen LogP contribution >= 0.6 is 0 Å². The molecule has 1 fully saturated rings. The number of hydrazine groups is 1. The van der Waals surface area contributed by atoms with Crippen molar-refractivity contribution in [2.75, 3.05) is 19.7 Å². The van der Waals surface area contributed by atoms with Gasteiger partial charge in [0, 0.05) is 19.6 Å². The van der Waals surface area contributed by atoms with Crippen molar-refractivity contribution in [2.24, 2.45) is 5.92 Å². The molecule has 1 heterocycles. The summed E-state index contributed by atoms with van der Waals surface area (Å²) in [7, 11) is 0. The van der Waals surface area contributed by atoms with E-state index in [0.717, 1.165) is 37.9 Å². The Morgan fingerprint density at radius 1 is 1.22 bits per heavy atom. The number of ether oxygens (including phenoxy) is 1. The van der Waals surface area contributed by atoms with Crippen LogP contribution in [0.3, 0.4) is 0 Å². The van der Waals surface area contributed by atoms with Crippen molar-refractivity contribution >= 4 is 0 Å². The van der Waals surface area contributed by atoms with E-state index in [1.165, 1.54) is 18.4 Å². The highest BCUT2D eigenvalue weighted by molar-refractivity contribution is 5.27. The molecule has 0 atom stereocenters. The number of nitrogens with one attached hydrogen (secondary N) is 1. The molecule has 0 spiro atoms. The van der Waals surface area contributed by atoms with Crippen LogP contribution in [0.25, 0.3) is 0 Å². The van der Waals surface area contributed by atoms with Gasteiger partial charge in [-0.1, -0.05) is 19.1 Å². The molecule has 18 heavy (non-hydrogen) atoms. The van der Waals surface area contributed by atoms with Crippen LogP contribution in [0.1, 0.15) is 32.3 Å². The van der Waals surface area contributed by atoms with Crippen molar-refractivity contribution in [1.29, 1.82) is 0 Å². The molecule has 0 saturated carbocycles. The fourth-order valence-electron chi connectivity index (χ4n) is 2.24. The quantitative estimate of drug-likeness (QED) is 0.867. The lowest BCUT2D eigenvalue weighted by atomic mass is 10.0. The highest BCUT2D eigenvalue weighted by atomic mass is 16.5. The van der Waals surface area contributed by atoms with Crippen LogP contribution in [0.2, 0.25) is 0 Å². The molecule has 0 amide bonds. The third-order valence-electron chi connectivity index (χ3n) is 3.52. The number of hydrogen-bond donors (Lipinski definition) is 1. The minimum atomic E-state index is 0.726. The molecule has 0 aliphatic carbocycles. The molecule has 1 aromatic rings. The fourth-order valence-corrected chi connectivity index (χ4v) is 2.24. The van der Waals surface area contributed by atoms with Crippen LogP contribution in [0.4, 0.5) is 0 Å². The van der Waals surface area contributed by atoms with Gasteiger partial charge in [-0.15, -0.1) is 0 Å². The number of rotatable bonds is 5. The van der Waals surface area contributed by atoms with Gasteiger partial charge in [0.15, 0.2) is 0 Å². The van der Waals surface area contributed by atoms with Gasteiger partial charge in [-0.3, -0.25) is 5.43 Å². The van der Waals surface area contributed by atoms with Gasteiger partial charge in [0.05, 0.1) is 6.61 Å². The Labute approximate surface area is 110 Å². The fraction of sp³-hybridized carbons (Fsp3) is 0.600. The monoisotopic (exact) mass is 248 g/mol. The zero-order chi connectivity index (χ0) is 12.8. The highest BCUT2D eigenvalue weighted by Gasteiger charge is 2.14. The van der Waals surface area contributed by atoms with E-state index in [0.29, 0.717) is 0 Å². The van der Waals surface area contributed by atoms with Crippen LogP contribution in [0, 0.1) is 5.92 Å². The molecule has 3 heteroatoms. The standard InChI is InChI=1S/C15H24N2O/c1-3-18-15-6-4-14(5-7-15)12-16-17-10-8-13(2)9-11-17/h4-7,13,16H,3,8-12H2,1-2H3. The summed E-state index contributed by atoms with van der Waals surface area (Å²) in [5.41, 5.74) is 4.81. The molecule has 0 aromatic heterocycles. The summed E-state index contributed by atoms with van der Waals surface area (Å²) in [4.78, 5) is 0. The second kappa shape index (κ2) is 6.76. The second-order valence-electron chi connectivity index (χ2n) is 5.08. The molecule has 100 valence electrons. The maximum absolute atomic E-state index is 5.44. The Kier molecular flexibility index (Phi) is 5.02. The summed E-state index contributed by atoms with van der Waals surface area (Å²) in [5, 5.41) is 2.34. The van der Waals surface area contributed by atoms with Crippen LogP contribution in [0.5, 0.6) is 5.75 Å². The molecule has 1 N–H and O–H groups in total. The largest absolute Gasteiger partial charge is 0.494 e. The molecule has 0 radical (unpaired) electrons. The van der Waals surface area contributed by atoms with Crippen LogP contribution in [-0.2, 0) is 6.54 Å². The lowest BCUT2D eigenvalue weighted by Crippen LogP contribution is -2.42. The predicted molar refractivity (Wildman–Crippen MR) is 74.4 cm³/mol. The van der Waals surface area contributed by atoms with E-state index in [1.54, 1.807) is 0 Å². The maximum Gasteiger partial charge on any atom is 0.119 e. The SMILES string of the molecule is CCOc1ccc(CNN2CCC(C)CC2)cc1. The number of piperidine rings is 1. The zero-order valence-corrected chi connectivity index (χ0v) is 11.5. The first kappa shape index (κ1) is 13.4. The first-order valence-electron chi connectivity index (χ1n) is 6.98. The summed E-state index contributed by atoms with van der Waals surface area (Å²) in [6.45, 7) is 8.30. The normalized spacial score (nSPS) is 17.9. The van der Waals surface area contributed by atoms with Crippen LogP contribution in [0.15, 0.2) is 24.3 Å². The lowest BCUT2D eigenvalue weighted by molar-refractivity contribution is 0.126. The highest BCUT2D eigenvalue weighted by Crippen LogP contribution is 2.15. The van der Waals surface area contributed by atoms with Crippen LogP contribution in [-0.4, -0.2) is 24.7 Å². The third-order valence-corrected chi connectivity index (χ3v) is 3.52. The minimum Gasteiger partial charge on any atom is -0.494 e. The minimum absolute atomic E-state index is 0.726. The summed E-state index contributed by atoms with van der Waals surface area (Å²) < 4.78 is 5.44. The smallest absolute Gasteiger partial charge is 0.119 e. The van der Waals surface area contributed by atoms with E-state index >= 15 is 0 Å². The Bertz CT molecular complexity index is 342. The van der Waals surface area contributed by atoms with E-state index in [9.17, 15) is 0 Å². The van der Waals surface area contributed by atoms with E-state index < -0.39 is 0 Å². The van der Waals surface area contributed by atoms with Gasteiger partial charge < -0.3 is 4.74 Å². The molecule has 1 aliphatic rings. The van der Waals surface area contributed by atoms with Crippen molar-refractivity contribution in [1.82, 2.24) is 10.4 Å². The van der Waals surface area contributed by atoms with Crippen molar-refractivity contribution in [2.45, 2.75) is 33.2 Å². The van der Waals surface area contributed by atoms with Crippen molar-refractivity contribution < 1.29 is 4.74 Å². The molecule has 1 saturated heterocycles. The molecule has 2 rings (SSSR count). The maximum atomic E-state index is 5.44. The van der Waals surface area contributed by atoms with Gasteiger partial charge in [-0.25, -0.2) is 5.01 Å². The molecule has 0 bridgehead atoms. The molecule has 1 aromatic carbocycles. The van der Waals surface area contributed by atoms with Gasteiger partial charge in [0.1, 0.15) is 5.75 Å². The Hall–Kier alpha value is -1.06. The number of hydrogen-bond acceptors (Lipinski definition) is 3. The lowest BCUT2D eigenvalue weighted by Gasteiger charge is -2.30. The first-order chi connectivity index (χ1) is 8.78. The predicted octanol–water partition coefficient (Wildman–Crippen LogP) is 2.82. The Morgan fingerprint density at radius 3 is 2.50 bits per heavy atom. The van der Waals surface area contributed by atoms with E-state index in [4.69, 9.17) is 4.74 Å². The van der Waals surface area contributed by atoms with Crippen molar-refractivity contribution in [3.05, 3.63) is 29.8 Å². The molecular formula is C15H24N2O. The zero-order valence-electron chi connectivity index (χ0n) is 11.5. The van der Waals surface area contributed by atoms with Crippen molar-refractivity contribution in [3.8, 4) is 5.75 Å². The second-order valence-corrected chi connectivity index (χ2v) is 5.08. The molecule has 1 aliphatic heterocycles. The summed E-state index contributed by atoms with van der Waals surface area (Å²) in [6, 6.07) is 8.34. The van der Waals surface area contributed by atoms with Gasteiger partial charge >= 0.3 is 0 Å². The average molecular weight is 248 g/mol. The molecular weight excluding hydrogens is 224 g/mol.